The van der Waals surface area contributed by atoms with E-state index in [1.165, 1.54) is 5.56 Å². The molecule has 1 unspecified atom stereocenters. The fourth-order valence-electron chi connectivity index (χ4n) is 2.19. The molecule has 0 aliphatic carbocycles. The molecular formula is C17H21N3O. The third kappa shape index (κ3) is 4.84. The minimum Gasteiger partial charge on any atom is -0.385 e. The van der Waals surface area contributed by atoms with E-state index in [-0.39, 0.29) is 0 Å². The molecule has 4 N–H and O–H groups in total. The van der Waals surface area contributed by atoms with E-state index in [0.29, 0.717) is 11.6 Å². The Morgan fingerprint density at radius 2 is 1.67 bits per heavy atom. The van der Waals surface area contributed by atoms with Crippen LogP contribution in [0.4, 0.5) is 16.2 Å². The van der Waals surface area contributed by atoms with Crippen molar-refractivity contribution in [3.05, 3.63) is 60.2 Å². The summed E-state index contributed by atoms with van der Waals surface area (Å²) in [5.74, 6) is 0.523. The lowest BCUT2D eigenvalue weighted by Crippen LogP contribution is -2.19. The minimum absolute atomic E-state index is 0.523. The lowest BCUT2D eigenvalue weighted by Gasteiger charge is -2.13. The second-order valence-electron chi connectivity index (χ2n) is 5.09. The molecule has 0 saturated heterocycles. The summed E-state index contributed by atoms with van der Waals surface area (Å²) in [5, 5.41) is 5.92. The molecule has 0 saturated carbocycles. The Balaban J connectivity index is 1.79. The molecule has 2 aromatic carbocycles. The smallest absolute Gasteiger partial charge is 0.316 e. The van der Waals surface area contributed by atoms with Gasteiger partial charge in [0.1, 0.15) is 0 Å². The van der Waals surface area contributed by atoms with Gasteiger partial charge in [-0.3, -0.25) is 0 Å². The van der Waals surface area contributed by atoms with Crippen molar-refractivity contribution < 1.29 is 4.79 Å². The van der Waals surface area contributed by atoms with Crippen molar-refractivity contribution in [1.82, 2.24) is 0 Å². The Hall–Kier alpha value is -2.49. The van der Waals surface area contributed by atoms with Crippen molar-refractivity contribution in [2.24, 2.45) is 5.73 Å². The largest absolute Gasteiger partial charge is 0.385 e. The van der Waals surface area contributed by atoms with Crippen LogP contribution in [0.15, 0.2) is 54.6 Å². The summed E-state index contributed by atoms with van der Waals surface area (Å²) >= 11 is 0. The van der Waals surface area contributed by atoms with Gasteiger partial charge >= 0.3 is 6.03 Å². The standard InChI is InChI=1S/C17H21N3O/c1-13(14-5-3-2-4-6-14)11-12-19-15-7-9-16(10-8-15)20-17(18)21/h2-10,13,19H,11-12H2,1H3,(H3,18,20,21). The fraction of sp³-hybridized carbons (Fsp3) is 0.235. The zero-order chi connectivity index (χ0) is 15.1. The number of primary amides is 1. The zero-order valence-electron chi connectivity index (χ0n) is 12.2. The Labute approximate surface area is 125 Å². The van der Waals surface area contributed by atoms with Crippen molar-refractivity contribution in [2.45, 2.75) is 19.3 Å². The topological polar surface area (TPSA) is 67.2 Å². The Bertz CT molecular complexity index is 566. The maximum atomic E-state index is 10.7. The lowest BCUT2D eigenvalue weighted by atomic mass is 9.98. The van der Waals surface area contributed by atoms with Crippen LogP contribution in [0.2, 0.25) is 0 Å². The van der Waals surface area contributed by atoms with Gasteiger partial charge < -0.3 is 16.4 Å². The number of urea groups is 1. The first kappa shape index (κ1) is 14.9. The lowest BCUT2D eigenvalue weighted by molar-refractivity contribution is 0.259. The van der Waals surface area contributed by atoms with Crippen LogP contribution in [0.1, 0.15) is 24.8 Å². The van der Waals surface area contributed by atoms with Gasteiger partial charge in [0.05, 0.1) is 0 Å². The van der Waals surface area contributed by atoms with Gasteiger partial charge in [-0.1, -0.05) is 37.3 Å². The van der Waals surface area contributed by atoms with E-state index in [0.717, 1.165) is 18.7 Å². The van der Waals surface area contributed by atoms with Gasteiger partial charge in [0.15, 0.2) is 0 Å². The number of nitrogens with two attached hydrogens (primary N) is 1. The van der Waals surface area contributed by atoms with Gasteiger partial charge in [-0.05, 0) is 42.2 Å². The number of amides is 2. The van der Waals surface area contributed by atoms with Crippen LogP contribution >= 0.6 is 0 Å². The van der Waals surface area contributed by atoms with Crippen LogP contribution in [0.5, 0.6) is 0 Å². The highest BCUT2D eigenvalue weighted by Gasteiger charge is 2.04. The minimum atomic E-state index is -0.549. The molecule has 21 heavy (non-hydrogen) atoms. The molecule has 0 aliphatic heterocycles. The first-order valence-electron chi connectivity index (χ1n) is 7.10. The van der Waals surface area contributed by atoms with Gasteiger partial charge in [-0.25, -0.2) is 4.79 Å². The molecule has 0 fully saturated rings. The molecule has 2 rings (SSSR count). The summed E-state index contributed by atoms with van der Waals surface area (Å²) in [5.41, 5.74) is 8.16. The van der Waals surface area contributed by atoms with E-state index >= 15 is 0 Å². The molecule has 4 heteroatoms. The number of anilines is 2. The van der Waals surface area contributed by atoms with Crippen LogP contribution < -0.4 is 16.4 Å². The first-order valence-corrected chi connectivity index (χ1v) is 7.10. The molecule has 110 valence electrons. The molecular weight excluding hydrogens is 262 g/mol. The molecule has 2 aromatic rings. The number of benzene rings is 2. The highest BCUT2D eigenvalue weighted by molar-refractivity contribution is 5.87. The van der Waals surface area contributed by atoms with Gasteiger partial charge in [0.25, 0.3) is 0 Å². The molecule has 0 aliphatic rings. The first-order chi connectivity index (χ1) is 10.1. The summed E-state index contributed by atoms with van der Waals surface area (Å²) < 4.78 is 0. The van der Waals surface area contributed by atoms with Gasteiger partial charge in [0.2, 0.25) is 0 Å². The number of carbonyl (C=O) groups excluding carboxylic acids is 1. The Morgan fingerprint density at radius 1 is 1.05 bits per heavy atom. The second-order valence-corrected chi connectivity index (χ2v) is 5.09. The quantitative estimate of drug-likeness (QED) is 0.755. The zero-order valence-corrected chi connectivity index (χ0v) is 12.2. The molecule has 0 heterocycles. The predicted molar refractivity (Wildman–Crippen MR) is 87.6 cm³/mol. The molecule has 0 bridgehead atoms. The number of rotatable bonds is 6. The maximum Gasteiger partial charge on any atom is 0.316 e. The number of hydrogen-bond acceptors (Lipinski definition) is 2. The second kappa shape index (κ2) is 7.33. The molecule has 2 amide bonds. The van der Waals surface area contributed by atoms with Gasteiger partial charge in [0, 0.05) is 17.9 Å². The highest BCUT2D eigenvalue weighted by Crippen LogP contribution is 2.19. The van der Waals surface area contributed by atoms with Crippen LogP contribution in [0.25, 0.3) is 0 Å². The van der Waals surface area contributed by atoms with E-state index in [1.807, 2.05) is 30.3 Å². The number of carbonyl (C=O) groups is 1. The van der Waals surface area contributed by atoms with Crippen molar-refractivity contribution in [2.75, 3.05) is 17.2 Å². The van der Waals surface area contributed by atoms with Crippen LogP contribution in [-0.2, 0) is 0 Å². The van der Waals surface area contributed by atoms with E-state index < -0.39 is 6.03 Å². The molecule has 1 atom stereocenters. The van der Waals surface area contributed by atoms with Crippen molar-refractivity contribution in [3.8, 4) is 0 Å². The SMILES string of the molecule is CC(CCNc1ccc(NC(N)=O)cc1)c1ccccc1. The fourth-order valence-corrected chi connectivity index (χ4v) is 2.19. The summed E-state index contributed by atoms with van der Waals surface area (Å²) in [7, 11) is 0. The van der Waals surface area contributed by atoms with E-state index in [2.05, 4.69) is 41.8 Å². The third-order valence-electron chi connectivity index (χ3n) is 3.43. The molecule has 4 nitrogen and oxygen atoms in total. The Kier molecular flexibility index (Phi) is 5.21. The van der Waals surface area contributed by atoms with Crippen LogP contribution in [0.3, 0.4) is 0 Å². The van der Waals surface area contributed by atoms with Crippen molar-refractivity contribution in [3.63, 3.8) is 0 Å². The highest BCUT2D eigenvalue weighted by atomic mass is 16.2. The van der Waals surface area contributed by atoms with Crippen molar-refractivity contribution >= 4 is 17.4 Å². The Morgan fingerprint density at radius 3 is 2.29 bits per heavy atom. The van der Waals surface area contributed by atoms with Gasteiger partial charge in [-0.15, -0.1) is 0 Å². The van der Waals surface area contributed by atoms with E-state index in [9.17, 15) is 4.79 Å². The van der Waals surface area contributed by atoms with Crippen molar-refractivity contribution in [1.29, 1.82) is 0 Å². The average Bonchev–Trinajstić information content (AvgIpc) is 2.49. The van der Waals surface area contributed by atoms with E-state index in [1.54, 1.807) is 0 Å². The van der Waals surface area contributed by atoms with Crippen LogP contribution in [0, 0.1) is 0 Å². The normalized spacial score (nSPS) is 11.7. The maximum absolute atomic E-state index is 10.7. The number of hydrogen-bond donors (Lipinski definition) is 3. The van der Waals surface area contributed by atoms with Gasteiger partial charge in [-0.2, -0.15) is 0 Å². The average molecular weight is 283 g/mol. The third-order valence-corrected chi connectivity index (χ3v) is 3.43. The summed E-state index contributed by atoms with van der Waals surface area (Å²) in [4.78, 5) is 10.7. The van der Waals surface area contributed by atoms with Crippen LogP contribution in [-0.4, -0.2) is 12.6 Å². The molecule has 0 spiro atoms. The molecule has 0 radical (unpaired) electrons. The number of nitrogens with one attached hydrogen (secondary N) is 2. The molecule has 0 aromatic heterocycles. The summed E-state index contributed by atoms with van der Waals surface area (Å²) in [6.45, 7) is 3.13. The summed E-state index contributed by atoms with van der Waals surface area (Å²) in [6, 6.07) is 17.5. The van der Waals surface area contributed by atoms with E-state index in [4.69, 9.17) is 5.73 Å². The monoisotopic (exact) mass is 283 g/mol. The summed E-state index contributed by atoms with van der Waals surface area (Å²) in [6.07, 6.45) is 1.06. The predicted octanol–water partition coefficient (Wildman–Crippen LogP) is 3.78.